The molecule has 0 aromatic carbocycles. The molecule has 0 saturated carbocycles. The van der Waals surface area contributed by atoms with Crippen LogP contribution in [0.5, 0.6) is 0 Å². The molecule has 1 aromatic heterocycles. The van der Waals surface area contributed by atoms with E-state index in [2.05, 4.69) is 9.97 Å². The Morgan fingerprint density at radius 2 is 2.07 bits per heavy atom. The van der Waals surface area contributed by atoms with Crippen LogP contribution in [0.4, 0.5) is 0 Å². The van der Waals surface area contributed by atoms with Crippen molar-refractivity contribution >= 4 is 11.6 Å². The van der Waals surface area contributed by atoms with E-state index in [1.54, 1.807) is 7.11 Å². The summed E-state index contributed by atoms with van der Waals surface area (Å²) in [5, 5.41) is 0.613. The number of fused-ring (bicyclic) bond motifs is 1. The van der Waals surface area contributed by atoms with Crippen molar-refractivity contribution in [2.45, 2.75) is 32.3 Å². The monoisotopic (exact) mass is 212 g/mol. The fourth-order valence-electron chi connectivity index (χ4n) is 1.79. The van der Waals surface area contributed by atoms with Crippen LogP contribution in [0, 0.1) is 0 Å². The molecule has 0 bridgehead atoms. The van der Waals surface area contributed by atoms with Crippen molar-refractivity contribution in [3.63, 3.8) is 0 Å². The number of halogens is 1. The molecule has 0 aliphatic heterocycles. The van der Waals surface area contributed by atoms with E-state index in [0.717, 1.165) is 24.1 Å². The van der Waals surface area contributed by atoms with E-state index in [-0.39, 0.29) is 0 Å². The lowest BCUT2D eigenvalue weighted by Gasteiger charge is -2.16. The Morgan fingerprint density at radius 3 is 2.86 bits per heavy atom. The Bertz CT molecular complexity index is 341. The number of aromatic nitrogens is 2. The van der Waals surface area contributed by atoms with E-state index in [1.165, 1.54) is 12.8 Å². The number of hydrogen-bond donors (Lipinski definition) is 0. The van der Waals surface area contributed by atoms with Crippen molar-refractivity contribution in [2.75, 3.05) is 7.11 Å². The first-order valence-corrected chi connectivity index (χ1v) is 5.22. The van der Waals surface area contributed by atoms with E-state index in [4.69, 9.17) is 16.3 Å². The zero-order valence-electron chi connectivity index (χ0n) is 8.22. The second-order valence-corrected chi connectivity index (χ2v) is 3.85. The fourth-order valence-corrected chi connectivity index (χ4v) is 2.09. The second kappa shape index (κ2) is 4.24. The minimum Gasteiger partial charge on any atom is -0.377 e. The van der Waals surface area contributed by atoms with Crippen LogP contribution in [0.25, 0.3) is 0 Å². The standard InChI is InChI=1S/C10H13ClN2O/c1-14-6-9-12-8-5-3-2-4-7(8)10(11)13-9/h2-6H2,1H3. The fraction of sp³-hybridized carbons (Fsp3) is 0.600. The topological polar surface area (TPSA) is 35.0 Å². The van der Waals surface area contributed by atoms with Crippen LogP contribution in [-0.2, 0) is 24.2 Å². The van der Waals surface area contributed by atoms with Gasteiger partial charge in [0.2, 0.25) is 0 Å². The predicted octanol–water partition coefficient (Wildman–Crippen LogP) is 2.16. The van der Waals surface area contributed by atoms with E-state index in [9.17, 15) is 0 Å². The molecule has 0 atom stereocenters. The van der Waals surface area contributed by atoms with Crippen LogP contribution in [0.15, 0.2) is 0 Å². The van der Waals surface area contributed by atoms with Gasteiger partial charge in [0.05, 0.1) is 0 Å². The van der Waals surface area contributed by atoms with Crippen molar-refractivity contribution < 1.29 is 4.74 Å². The Balaban J connectivity index is 2.36. The molecular formula is C10H13ClN2O. The average Bonchev–Trinajstić information content (AvgIpc) is 2.18. The number of aryl methyl sites for hydroxylation is 1. The largest absolute Gasteiger partial charge is 0.377 e. The number of rotatable bonds is 2. The van der Waals surface area contributed by atoms with Gasteiger partial charge in [-0.25, -0.2) is 9.97 Å². The molecule has 2 rings (SSSR count). The summed E-state index contributed by atoms with van der Waals surface area (Å²) in [4.78, 5) is 8.65. The lowest BCUT2D eigenvalue weighted by molar-refractivity contribution is 0.177. The van der Waals surface area contributed by atoms with E-state index in [1.807, 2.05) is 0 Å². The molecule has 1 aromatic rings. The molecular weight excluding hydrogens is 200 g/mol. The third kappa shape index (κ3) is 1.88. The second-order valence-electron chi connectivity index (χ2n) is 3.50. The van der Waals surface area contributed by atoms with Crippen LogP contribution in [-0.4, -0.2) is 17.1 Å². The first kappa shape index (κ1) is 9.87. The summed E-state index contributed by atoms with van der Waals surface area (Å²) in [6, 6.07) is 0. The smallest absolute Gasteiger partial charge is 0.155 e. The molecule has 14 heavy (non-hydrogen) atoms. The van der Waals surface area contributed by atoms with Crippen LogP contribution < -0.4 is 0 Å². The predicted molar refractivity (Wildman–Crippen MR) is 54.4 cm³/mol. The van der Waals surface area contributed by atoms with Crippen LogP contribution >= 0.6 is 11.6 Å². The van der Waals surface area contributed by atoms with Gasteiger partial charge in [0, 0.05) is 18.4 Å². The van der Waals surface area contributed by atoms with Crippen molar-refractivity contribution in [3.8, 4) is 0 Å². The van der Waals surface area contributed by atoms with Gasteiger partial charge in [0.25, 0.3) is 0 Å². The molecule has 76 valence electrons. The maximum absolute atomic E-state index is 6.08. The summed E-state index contributed by atoms with van der Waals surface area (Å²) in [6.07, 6.45) is 4.43. The van der Waals surface area contributed by atoms with Gasteiger partial charge in [-0.2, -0.15) is 0 Å². The molecule has 0 fully saturated rings. The highest BCUT2D eigenvalue weighted by atomic mass is 35.5. The quantitative estimate of drug-likeness (QED) is 0.705. The third-order valence-electron chi connectivity index (χ3n) is 2.45. The SMILES string of the molecule is COCc1nc(Cl)c2c(n1)CCCC2. The molecule has 4 heteroatoms. The molecule has 0 saturated heterocycles. The average molecular weight is 213 g/mol. The molecule has 1 aliphatic rings. The van der Waals surface area contributed by atoms with Gasteiger partial charge in [-0.05, 0) is 25.7 Å². The first-order valence-electron chi connectivity index (χ1n) is 4.84. The number of ether oxygens (including phenoxy) is 1. The van der Waals surface area contributed by atoms with E-state index < -0.39 is 0 Å². The van der Waals surface area contributed by atoms with Crippen molar-refractivity contribution in [1.82, 2.24) is 9.97 Å². The molecule has 1 aliphatic carbocycles. The van der Waals surface area contributed by atoms with Crippen LogP contribution in [0.2, 0.25) is 5.15 Å². The normalized spacial score (nSPS) is 15.3. The lowest BCUT2D eigenvalue weighted by Crippen LogP contribution is -2.10. The van der Waals surface area contributed by atoms with Crippen molar-refractivity contribution in [1.29, 1.82) is 0 Å². The van der Waals surface area contributed by atoms with E-state index >= 15 is 0 Å². The minimum absolute atomic E-state index is 0.438. The number of hydrogen-bond acceptors (Lipinski definition) is 3. The molecule has 0 unspecified atom stereocenters. The minimum atomic E-state index is 0.438. The van der Waals surface area contributed by atoms with Gasteiger partial charge >= 0.3 is 0 Å². The molecule has 0 amide bonds. The zero-order valence-corrected chi connectivity index (χ0v) is 8.97. The zero-order chi connectivity index (χ0) is 9.97. The van der Waals surface area contributed by atoms with Gasteiger partial charge in [-0.15, -0.1) is 0 Å². The molecule has 1 heterocycles. The van der Waals surface area contributed by atoms with Gasteiger partial charge in [-0.3, -0.25) is 0 Å². The highest BCUT2D eigenvalue weighted by Crippen LogP contribution is 2.25. The maximum Gasteiger partial charge on any atom is 0.155 e. The van der Waals surface area contributed by atoms with Gasteiger partial charge in [0.1, 0.15) is 11.8 Å². The Morgan fingerprint density at radius 1 is 1.29 bits per heavy atom. The summed E-state index contributed by atoms with van der Waals surface area (Å²) >= 11 is 6.08. The number of methoxy groups -OCH3 is 1. The third-order valence-corrected chi connectivity index (χ3v) is 2.77. The highest BCUT2D eigenvalue weighted by molar-refractivity contribution is 6.30. The maximum atomic E-state index is 6.08. The summed E-state index contributed by atoms with van der Waals surface area (Å²) in [5.41, 5.74) is 2.25. The van der Waals surface area contributed by atoms with Crippen LogP contribution in [0.1, 0.15) is 29.9 Å². The highest BCUT2D eigenvalue weighted by Gasteiger charge is 2.16. The number of nitrogens with zero attached hydrogens (tertiary/aromatic N) is 2. The first-order chi connectivity index (χ1) is 6.81. The van der Waals surface area contributed by atoms with Gasteiger partial charge < -0.3 is 4.74 Å². The Hall–Kier alpha value is -0.670. The molecule has 0 radical (unpaired) electrons. The van der Waals surface area contributed by atoms with Crippen molar-refractivity contribution in [3.05, 3.63) is 22.2 Å². The molecule has 3 nitrogen and oxygen atoms in total. The summed E-state index contributed by atoms with van der Waals surface area (Å²) < 4.78 is 4.99. The van der Waals surface area contributed by atoms with Crippen molar-refractivity contribution in [2.24, 2.45) is 0 Å². The Kier molecular flexibility index (Phi) is 2.99. The lowest BCUT2D eigenvalue weighted by atomic mass is 9.97. The van der Waals surface area contributed by atoms with E-state index in [0.29, 0.717) is 17.6 Å². The molecule has 0 spiro atoms. The summed E-state index contributed by atoms with van der Waals surface area (Å²) in [6.45, 7) is 0.438. The summed E-state index contributed by atoms with van der Waals surface area (Å²) in [5.74, 6) is 0.693. The van der Waals surface area contributed by atoms with Gasteiger partial charge in [-0.1, -0.05) is 11.6 Å². The van der Waals surface area contributed by atoms with Crippen LogP contribution in [0.3, 0.4) is 0 Å². The Labute approximate surface area is 88.5 Å². The summed E-state index contributed by atoms with van der Waals surface area (Å²) in [7, 11) is 1.64. The van der Waals surface area contributed by atoms with Gasteiger partial charge in [0.15, 0.2) is 5.82 Å². The molecule has 0 N–H and O–H groups in total.